The molecular formula is C12H3Cl5FNO. The van der Waals surface area contributed by atoms with Crippen molar-refractivity contribution >= 4 is 64.3 Å². The van der Waals surface area contributed by atoms with Crippen LogP contribution in [-0.4, -0.2) is 11.3 Å². The number of aromatic nitrogens is 1. The summed E-state index contributed by atoms with van der Waals surface area (Å²) >= 11 is 29.8. The van der Waals surface area contributed by atoms with E-state index in [0.717, 1.165) is 6.07 Å². The van der Waals surface area contributed by atoms with Gasteiger partial charge >= 0.3 is 0 Å². The third kappa shape index (κ3) is 2.61. The molecule has 2 nitrogen and oxygen atoms in total. The highest BCUT2D eigenvalue weighted by Crippen LogP contribution is 2.48. The summed E-state index contributed by atoms with van der Waals surface area (Å²) in [5, 5.41) is -0.267. The molecule has 0 unspecified atom stereocenters. The van der Waals surface area contributed by atoms with Crippen LogP contribution in [0.15, 0.2) is 12.1 Å². The second-order valence-electron chi connectivity index (χ2n) is 3.63. The van der Waals surface area contributed by atoms with Crippen LogP contribution in [0.25, 0.3) is 11.3 Å². The maximum absolute atomic E-state index is 13.3. The maximum Gasteiger partial charge on any atom is 0.213 e. The third-order valence-electron chi connectivity index (χ3n) is 2.47. The number of pyridine rings is 1. The molecule has 0 saturated carbocycles. The summed E-state index contributed by atoms with van der Waals surface area (Å²) in [4.78, 5) is 14.7. The number of hydrogen-bond acceptors (Lipinski definition) is 2. The molecule has 1 aromatic carbocycles. The summed E-state index contributed by atoms with van der Waals surface area (Å²) in [7, 11) is 0. The van der Waals surface area contributed by atoms with Gasteiger partial charge < -0.3 is 0 Å². The van der Waals surface area contributed by atoms with E-state index in [4.69, 9.17) is 58.0 Å². The van der Waals surface area contributed by atoms with Crippen molar-refractivity contribution in [2.75, 3.05) is 0 Å². The average molecular weight is 373 g/mol. The molecule has 0 saturated heterocycles. The van der Waals surface area contributed by atoms with Crippen LogP contribution in [0.5, 0.6) is 0 Å². The molecule has 0 fully saturated rings. The molecular weight excluding hydrogens is 370 g/mol. The molecule has 0 amide bonds. The van der Waals surface area contributed by atoms with E-state index in [1.165, 1.54) is 6.07 Å². The van der Waals surface area contributed by atoms with Crippen molar-refractivity contribution < 1.29 is 9.18 Å². The minimum absolute atomic E-state index is 0.0314. The average Bonchev–Trinajstić information content (AvgIpc) is 2.43. The quantitative estimate of drug-likeness (QED) is 0.281. The van der Waals surface area contributed by atoms with E-state index in [1.54, 1.807) is 0 Å². The predicted octanol–water partition coefficient (Wildman–Crippen LogP) is 5.97. The highest BCUT2D eigenvalue weighted by molar-refractivity contribution is 6.56. The first kappa shape index (κ1) is 15.8. The van der Waals surface area contributed by atoms with Gasteiger partial charge in [0, 0.05) is 11.1 Å². The lowest BCUT2D eigenvalue weighted by Gasteiger charge is -2.13. The number of halogens is 6. The van der Waals surface area contributed by atoms with Gasteiger partial charge in [-0.1, -0.05) is 58.0 Å². The molecule has 0 atom stereocenters. The molecule has 0 bridgehead atoms. The molecule has 20 heavy (non-hydrogen) atoms. The number of aldehydes is 1. The number of carbonyl (C=O) groups excluding carboxylic acids is 1. The summed E-state index contributed by atoms with van der Waals surface area (Å²) in [6.45, 7) is 0. The minimum Gasteiger partial charge on any atom is -0.298 e. The number of rotatable bonds is 2. The van der Waals surface area contributed by atoms with E-state index in [0.29, 0.717) is 6.29 Å². The Hall–Kier alpha value is -0.580. The van der Waals surface area contributed by atoms with Gasteiger partial charge in [0.15, 0.2) is 6.29 Å². The van der Waals surface area contributed by atoms with Gasteiger partial charge in [-0.05, 0) is 12.1 Å². The maximum atomic E-state index is 13.3. The Labute approximate surface area is 138 Å². The van der Waals surface area contributed by atoms with Gasteiger partial charge in [-0.3, -0.25) is 4.79 Å². The topological polar surface area (TPSA) is 30.0 Å². The Morgan fingerprint density at radius 3 is 1.90 bits per heavy atom. The Balaban J connectivity index is 2.90. The van der Waals surface area contributed by atoms with Crippen molar-refractivity contribution in [3.05, 3.63) is 48.8 Å². The number of hydrogen-bond donors (Lipinski definition) is 0. The second kappa shape index (κ2) is 6.04. The Bertz CT molecular complexity index is 690. The molecule has 104 valence electrons. The minimum atomic E-state index is -0.806. The monoisotopic (exact) mass is 371 g/mol. The van der Waals surface area contributed by atoms with Crippen LogP contribution in [-0.2, 0) is 0 Å². The van der Waals surface area contributed by atoms with Crippen LogP contribution in [0.2, 0.25) is 25.1 Å². The van der Waals surface area contributed by atoms with Crippen LogP contribution in [0.4, 0.5) is 4.39 Å². The highest BCUT2D eigenvalue weighted by Gasteiger charge is 2.23. The SMILES string of the molecule is O=Cc1ccc(F)nc1-c1c(Cl)c(Cl)c(Cl)c(Cl)c1Cl. The lowest BCUT2D eigenvalue weighted by Crippen LogP contribution is -1.97. The molecule has 0 aliphatic rings. The van der Waals surface area contributed by atoms with Crippen molar-refractivity contribution in [2.45, 2.75) is 0 Å². The lowest BCUT2D eigenvalue weighted by molar-refractivity contribution is 0.112. The van der Waals surface area contributed by atoms with Crippen molar-refractivity contribution in [1.82, 2.24) is 4.98 Å². The number of benzene rings is 1. The molecule has 0 spiro atoms. The Morgan fingerprint density at radius 1 is 0.900 bits per heavy atom. The fourth-order valence-electron chi connectivity index (χ4n) is 1.55. The molecule has 1 aromatic heterocycles. The first-order valence-electron chi connectivity index (χ1n) is 5.02. The first-order valence-corrected chi connectivity index (χ1v) is 6.91. The van der Waals surface area contributed by atoms with Crippen molar-refractivity contribution in [1.29, 1.82) is 0 Å². The first-order chi connectivity index (χ1) is 9.38. The summed E-state index contributed by atoms with van der Waals surface area (Å²) in [5.74, 6) is -0.806. The van der Waals surface area contributed by atoms with Crippen molar-refractivity contribution in [2.24, 2.45) is 0 Å². The summed E-state index contributed by atoms with van der Waals surface area (Å²) in [5.41, 5.74) is 0.0782. The number of carbonyl (C=O) groups is 1. The van der Waals surface area contributed by atoms with Crippen molar-refractivity contribution in [3.63, 3.8) is 0 Å². The van der Waals surface area contributed by atoms with Gasteiger partial charge in [0.05, 0.1) is 30.8 Å². The molecule has 8 heteroatoms. The third-order valence-corrected chi connectivity index (χ3v) is 4.74. The molecule has 0 radical (unpaired) electrons. The zero-order chi connectivity index (χ0) is 15.0. The van der Waals surface area contributed by atoms with Gasteiger partial charge in [0.1, 0.15) is 0 Å². The van der Waals surface area contributed by atoms with Gasteiger partial charge in [-0.15, -0.1) is 0 Å². The standard InChI is InChI=1S/C12H3Cl5FNO/c13-7-6(8(14)10(16)11(17)9(7)15)12-4(3-20)1-2-5(18)19-12/h1-3H. The van der Waals surface area contributed by atoms with Gasteiger partial charge in [-0.2, -0.15) is 4.39 Å². The van der Waals surface area contributed by atoms with Crippen LogP contribution >= 0.6 is 58.0 Å². The summed E-state index contributed by atoms with van der Waals surface area (Å²) in [6, 6.07) is 2.28. The molecule has 2 aromatic rings. The predicted molar refractivity (Wildman–Crippen MR) is 80.1 cm³/mol. The van der Waals surface area contributed by atoms with Crippen molar-refractivity contribution in [3.8, 4) is 11.3 Å². The number of nitrogens with zero attached hydrogens (tertiary/aromatic N) is 1. The molecule has 0 N–H and O–H groups in total. The smallest absolute Gasteiger partial charge is 0.213 e. The second-order valence-corrected chi connectivity index (χ2v) is 5.52. The molecule has 2 rings (SSSR count). The zero-order valence-electron chi connectivity index (χ0n) is 9.36. The van der Waals surface area contributed by atoms with Crippen LogP contribution < -0.4 is 0 Å². The fraction of sp³-hybridized carbons (Fsp3) is 0. The van der Waals surface area contributed by atoms with E-state index < -0.39 is 5.95 Å². The molecule has 0 aliphatic carbocycles. The van der Waals surface area contributed by atoms with Gasteiger partial charge in [-0.25, -0.2) is 4.98 Å². The van der Waals surface area contributed by atoms with Gasteiger partial charge in [0.2, 0.25) is 5.95 Å². The van der Waals surface area contributed by atoms with E-state index in [1.807, 2.05) is 0 Å². The van der Waals surface area contributed by atoms with Crippen LogP contribution in [0, 0.1) is 5.95 Å². The van der Waals surface area contributed by atoms with E-state index in [2.05, 4.69) is 4.98 Å². The molecule has 1 heterocycles. The lowest BCUT2D eigenvalue weighted by atomic mass is 10.1. The van der Waals surface area contributed by atoms with Crippen LogP contribution in [0.3, 0.4) is 0 Å². The van der Waals surface area contributed by atoms with E-state index in [-0.39, 0.29) is 41.9 Å². The normalized spacial score (nSPS) is 10.7. The summed E-state index contributed by atoms with van der Waals surface area (Å²) < 4.78 is 13.3. The van der Waals surface area contributed by atoms with Crippen LogP contribution in [0.1, 0.15) is 10.4 Å². The Morgan fingerprint density at radius 2 is 1.40 bits per heavy atom. The zero-order valence-corrected chi connectivity index (χ0v) is 13.1. The Kier molecular flexibility index (Phi) is 4.77. The van der Waals surface area contributed by atoms with Gasteiger partial charge in [0.25, 0.3) is 0 Å². The largest absolute Gasteiger partial charge is 0.298 e. The van der Waals surface area contributed by atoms with E-state index >= 15 is 0 Å². The fourth-order valence-corrected chi connectivity index (χ4v) is 2.87. The van der Waals surface area contributed by atoms with E-state index in [9.17, 15) is 9.18 Å². The summed E-state index contributed by atoms with van der Waals surface area (Å²) in [6.07, 6.45) is 0.491. The molecule has 0 aliphatic heterocycles. The highest BCUT2D eigenvalue weighted by atomic mass is 35.5.